The highest BCUT2D eigenvalue weighted by molar-refractivity contribution is 7.21. The summed E-state index contributed by atoms with van der Waals surface area (Å²) in [5.74, 6) is 1.69. The lowest BCUT2D eigenvalue weighted by Crippen LogP contribution is -1.80. The highest BCUT2D eigenvalue weighted by atomic mass is 32.1. The number of aromatic amines is 2. The standard InChI is InChI=1S/C26H16N6S/c1-4-18(14-27-9-1)24-29-19-7-5-15(11-21(19)31-24)16-6-8-20-22(12-16)32-25(30-20)23-13-17-3-2-10-28-26(17)33-23/h1-14H,(H,29,31)(H,30,32). The SMILES string of the molecule is c1cncc(-c2nc3ccc(-c4ccc5nc(-c6cc7cccnc7s6)[nH]c5c4)cc3[nH]2)c1. The quantitative estimate of drug-likeness (QED) is 0.328. The maximum absolute atomic E-state index is 4.80. The summed E-state index contributed by atoms with van der Waals surface area (Å²) in [7, 11) is 0. The Morgan fingerprint density at radius 2 is 1.39 bits per heavy atom. The first-order chi connectivity index (χ1) is 16.3. The van der Waals surface area contributed by atoms with E-state index < -0.39 is 0 Å². The van der Waals surface area contributed by atoms with E-state index in [0.717, 1.165) is 65.5 Å². The minimum Gasteiger partial charge on any atom is -0.338 e. The van der Waals surface area contributed by atoms with Gasteiger partial charge in [-0.2, -0.15) is 0 Å². The van der Waals surface area contributed by atoms with Crippen molar-refractivity contribution in [2.75, 3.05) is 0 Å². The van der Waals surface area contributed by atoms with Gasteiger partial charge in [0.05, 0.1) is 26.9 Å². The normalized spacial score (nSPS) is 11.6. The zero-order valence-electron chi connectivity index (χ0n) is 17.3. The van der Waals surface area contributed by atoms with Gasteiger partial charge in [-0.3, -0.25) is 4.98 Å². The van der Waals surface area contributed by atoms with E-state index in [-0.39, 0.29) is 0 Å². The Labute approximate surface area is 192 Å². The van der Waals surface area contributed by atoms with Gasteiger partial charge in [0.1, 0.15) is 16.5 Å². The first-order valence-corrected chi connectivity index (χ1v) is 11.4. The van der Waals surface area contributed by atoms with Crippen LogP contribution in [0.2, 0.25) is 0 Å². The summed E-state index contributed by atoms with van der Waals surface area (Å²) >= 11 is 1.65. The maximum atomic E-state index is 4.80. The first kappa shape index (κ1) is 18.2. The van der Waals surface area contributed by atoms with Crippen molar-refractivity contribution in [1.29, 1.82) is 0 Å². The predicted molar refractivity (Wildman–Crippen MR) is 133 cm³/mol. The Bertz CT molecular complexity index is 1740. The Kier molecular flexibility index (Phi) is 3.91. The molecule has 0 bridgehead atoms. The Balaban J connectivity index is 1.27. The van der Waals surface area contributed by atoms with Crippen LogP contribution < -0.4 is 0 Å². The number of rotatable bonds is 3. The lowest BCUT2D eigenvalue weighted by atomic mass is 10.0. The molecule has 0 atom stereocenters. The lowest BCUT2D eigenvalue weighted by Gasteiger charge is -2.01. The molecule has 0 fully saturated rings. The molecule has 0 unspecified atom stereocenters. The van der Waals surface area contributed by atoms with E-state index in [1.54, 1.807) is 17.5 Å². The summed E-state index contributed by atoms with van der Waals surface area (Å²) in [4.78, 5) is 27.2. The van der Waals surface area contributed by atoms with Gasteiger partial charge in [-0.25, -0.2) is 15.0 Å². The fourth-order valence-corrected chi connectivity index (χ4v) is 5.07. The predicted octanol–water partition coefficient (Wildman–Crippen LogP) is 6.44. The summed E-state index contributed by atoms with van der Waals surface area (Å²) in [5.41, 5.74) is 7.09. The molecule has 33 heavy (non-hydrogen) atoms. The van der Waals surface area contributed by atoms with Crippen molar-refractivity contribution in [1.82, 2.24) is 29.9 Å². The van der Waals surface area contributed by atoms with Crippen LogP contribution in [0.1, 0.15) is 0 Å². The number of thiophene rings is 1. The first-order valence-electron chi connectivity index (χ1n) is 10.6. The second-order valence-corrected chi connectivity index (χ2v) is 8.92. The summed E-state index contributed by atoms with van der Waals surface area (Å²) in [6.07, 6.45) is 5.40. The number of aromatic nitrogens is 6. The second kappa shape index (κ2) is 7.08. The summed E-state index contributed by atoms with van der Waals surface area (Å²) in [5, 5.41) is 1.14. The number of fused-ring (bicyclic) bond motifs is 3. The molecule has 0 radical (unpaired) electrons. The van der Waals surface area contributed by atoms with Crippen molar-refractivity contribution in [2.24, 2.45) is 0 Å². The molecule has 0 saturated carbocycles. The fraction of sp³-hybridized carbons (Fsp3) is 0. The monoisotopic (exact) mass is 444 g/mol. The number of benzene rings is 2. The number of imidazole rings is 2. The Hall–Kier alpha value is -4.36. The molecule has 2 N–H and O–H groups in total. The van der Waals surface area contributed by atoms with E-state index in [1.807, 2.05) is 36.7 Å². The highest BCUT2D eigenvalue weighted by Gasteiger charge is 2.12. The zero-order chi connectivity index (χ0) is 21.8. The van der Waals surface area contributed by atoms with Crippen molar-refractivity contribution in [3.8, 4) is 33.2 Å². The molecule has 7 aromatic rings. The van der Waals surface area contributed by atoms with E-state index in [1.165, 1.54) is 0 Å². The van der Waals surface area contributed by atoms with Gasteiger partial charge in [-0.05, 0) is 59.7 Å². The van der Waals surface area contributed by atoms with Crippen LogP contribution in [0.3, 0.4) is 0 Å². The Morgan fingerprint density at radius 3 is 2.12 bits per heavy atom. The molecule has 0 aliphatic heterocycles. The van der Waals surface area contributed by atoms with Gasteiger partial charge in [0.25, 0.3) is 0 Å². The molecule has 0 spiro atoms. The van der Waals surface area contributed by atoms with Crippen LogP contribution in [-0.4, -0.2) is 29.9 Å². The fourth-order valence-electron chi connectivity index (χ4n) is 4.12. The molecule has 6 nitrogen and oxygen atoms in total. The average Bonchev–Trinajstić information content (AvgIpc) is 3.59. The van der Waals surface area contributed by atoms with Gasteiger partial charge in [0.15, 0.2) is 0 Å². The van der Waals surface area contributed by atoms with E-state index in [0.29, 0.717) is 0 Å². The summed E-state index contributed by atoms with van der Waals surface area (Å²) < 4.78 is 0. The molecular formula is C26H16N6S. The van der Waals surface area contributed by atoms with Gasteiger partial charge in [-0.15, -0.1) is 11.3 Å². The van der Waals surface area contributed by atoms with Crippen LogP contribution in [0.4, 0.5) is 0 Å². The molecule has 156 valence electrons. The maximum Gasteiger partial charge on any atom is 0.148 e. The molecule has 7 rings (SSSR count). The molecule has 0 aliphatic carbocycles. The van der Waals surface area contributed by atoms with Gasteiger partial charge in [0.2, 0.25) is 0 Å². The number of hydrogen-bond acceptors (Lipinski definition) is 5. The van der Waals surface area contributed by atoms with Gasteiger partial charge in [0, 0.05) is 29.5 Å². The minimum atomic E-state index is 0.821. The number of nitrogens with one attached hydrogen (secondary N) is 2. The van der Waals surface area contributed by atoms with Crippen molar-refractivity contribution < 1.29 is 0 Å². The molecule has 0 amide bonds. The molecular weight excluding hydrogens is 428 g/mol. The minimum absolute atomic E-state index is 0.821. The number of H-pyrrole nitrogens is 2. The van der Waals surface area contributed by atoms with E-state index in [2.05, 4.69) is 62.4 Å². The molecule has 2 aromatic carbocycles. The van der Waals surface area contributed by atoms with Crippen LogP contribution in [0.15, 0.2) is 85.3 Å². The Morgan fingerprint density at radius 1 is 0.667 bits per heavy atom. The summed E-state index contributed by atoms with van der Waals surface area (Å²) in [6, 6.07) is 22.7. The van der Waals surface area contributed by atoms with Crippen LogP contribution in [0.5, 0.6) is 0 Å². The van der Waals surface area contributed by atoms with Crippen molar-refractivity contribution in [2.45, 2.75) is 0 Å². The molecule has 7 heteroatoms. The number of pyridine rings is 2. The van der Waals surface area contributed by atoms with Crippen LogP contribution in [-0.2, 0) is 0 Å². The highest BCUT2D eigenvalue weighted by Crippen LogP contribution is 2.33. The van der Waals surface area contributed by atoms with Gasteiger partial charge >= 0.3 is 0 Å². The van der Waals surface area contributed by atoms with E-state index >= 15 is 0 Å². The molecule has 5 heterocycles. The third kappa shape index (κ3) is 3.09. The largest absolute Gasteiger partial charge is 0.338 e. The molecule has 0 saturated heterocycles. The average molecular weight is 445 g/mol. The second-order valence-electron chi connectivity index (χ2n) is 7.88. The van der Waals surface area contributed by atoms with Crippen LogP contribution in [0, 0.1) is 0 Å². The van der Waals surface area contributed by atoms with Crippen molar-refractivity contribution in [3.05, 3.63) is 85.3 Å². The van der Waals surface area contributed by atoms with Gasteiger partial charge in [-0.1, -0.05) is 18.2 Å². The third-order valence-electron chi connectivity index (χ3n) is 5.76. The van der Waals surface area contributed by atoms with E-state index in [4.69, 9.17) is 9.97 Å². The molecule has 0 aliphatic rings. The zero-order valence-corrected chi connectivity index (χ0v) is 18.1. The molecule has 5 aromatic heterocycles. The lowest BCUT2D eigenvalue weighted by molar-refractivity contribution is 1.27. The third-order valence-corrected chi connectivity index (χ3v) is 6.82. The van der Waals surface area contributed by atoms with Crippen molar-refractivity contribution >= 4 is 43.6 Å². The van der Waals surface area contributed by atoms with Crippen molar-refractivity contribution in [3.63, 3.8) is 0 Å². The smallest absolute Gasteiger partial charge is 0.148 e. The number of nitrogens with zero attached hydrogens (tertiary/aromatic N) is 4. The van der Waals surface area contributed by atoms with Crippen LogP contribution in [0.25, 0.3) is 65.5 Å². The van der Waals surface area contributed by atoms with Gasteiger partial charge < -0.3 is 9.97 Å². The topological polar surface area (TPSA) is 83.1 Å². The van der Waals surface area contributed by atoms with E-state index in [9.17, 15) is 0 Å². The summed E-state index contributed by atoms with van der Waals surface area (Å²) in [6.45, 7) is 0. The van der Waals surface area contributed by atoms with Crippen LogP contribution >= 0.6 is 11.3 Å². The number of hydrogen-bond donors (Lipinski definition) is 2.